The molecule has 0 fully saturated rings. The zero-order valence-corrected chi connectivity index (χ0v) is 35.7. The third kappa shape index (κ3) is 7.43. The van der Waals surface area contributed by atoms with Crippen LogP contribution in [0.1, 0.15) is 30.5 Å². The summed E-state index contributed by atoms with van der Waals surface area (Å²) in [7, 11) is 0. The maximum Gasteiger partial charge on any atom is 0.164 e. The molecule has 0 amide bonds. The monoisotopic (exact) mass is 833 g/mol. The number of pyridine rings is 3. The molecule has 65 heavy (non-hydrogen) atoms. The van der Waals surface area contributed by atoms with Crippen LogP contribution in [0, 0.1) is 11.3 Å². The van der Waals surface area contributed by atoms with Gasteiger partial charge in [0.1, 0.15) is 0 Å². The van der Waals surface area contributed by atoms with Crippen LogP contribution in [0.4, 0.5) is 0 Å². The van der Waals surface area contributed by atoms with Gasteiger partial charge in [0.15, 0.2) is 17.5 Å². The van der Waals surface area contributed by atoms with Gasteiger partial charge in [-0.2, -0.15) is 5.26 Å². The molecular formula is C58H39N7. The maximum absolute atomic E-state index is 9.80. The lowest BCUT2D eigenvalue weighted by Gasteiger charge is -2.22. The van der Waals surface area contributed by atoms with Crippen LogP contribution in [0.15, 0.2) is 201 Å². The molecule has 0 bridgehead atoms. The van der Waals surface area contributed by atoms with Crippen LogP contribution in [-0.4, -0.2) is 29.9 Å². The predicted octanol–water partition coefficient (Wildman–Crippen LogP) is 13.6. The van der Waals surface area contributed by atoms with Crippen molar-refractivity contribution in [3.63, 3.8) is 0 Å². The fourth-order valence-electron chi connectivity index (χ4n) is 8.89. The predicted molar refractivity (Wildman–Crippen MR) is 259 cm³/mol. The van der Waals surface area contributed by atoms with Gasteiger partial charge >= 0.3 is 0 Å². The Bertz CT molecular complexity index is 3380. The van der Waals surface area contributed by atoms with Gasteiger partial charge in [0.05, 0.1) is 23.0 Å². The van der Waals surface area contributed by atoms with E-state index < -0.39 is 0 Å². The molecule has 0 N–H and O–H groups in total. The van der Waals surface area contributed by atoms with Crippen molar-refractivity contribution in [2.45, 2.75) is 19.3 Å². The van der Waals surface area contributed by atoms with Crippen LogP contribution in [0.5, 0.6) is 0 Å². The summed E-state index contributed by atoms with van der Waals surface area (Å²) in [5.74, 6) is 1.71. The molecule has 1 aliphatic rings. The summed E-state index contributed by atoms with van der Waals surface area (Å²) in [6.45, 7) is 4.48. The molecule has 0 radical (unpaired) electrons. The van der Waals surface area contributed by atoms with Gasteiger partial charge in [0.25, 0.3) is 0 Å². The number of rotatable bonds is 8. The summed E-state index contributed by atoms with van der Waals surface area (Å²) in [5, 5.41) is 9.80. The molecule has 7 nitrogen and oxygen atoms in total. The largest absolute Gasteiger partial charge is 0.264 e. The molecule has 6 aromatic carbocycles. The molecule has 7 heteroatoms. The van der Waals surface area contributed by atoms with E-state index in [1.807, 2.05) is 85.2 Å². The molecule has 0 unspecified atom stereocenters. The minimum absolute atomic E-state index is 0.319. The fraction of sp³-hybridized carbons (Fsp3) is 0.0517. The maximum atomic E-state index is 9.80. The van der Waals surface area contributed by atoms with Gasteiger partial charge in [0.2, 0.25) is 0 Å². The van der Waals surface area contributed by atoms with E-state index >= 15 is 0 Å². The third-order valence-corrected chi connectivity index (χ3v) is 12.3. The minimum atomic E-state index is -0.319. The Morgan fingerprint density at radius 1 is 0.369 bits per heavy atom. The Morgan fingerprint density at radius 3 is 1.40 bits per heavy atom. The molecule has 306 valence electrons. The number of nitrogens with zero attached hydrogens (tertiary/aromatic N) is 7. The van der Waals surface area contributed by atoms with Crippen LogP contribution in [0.2, 0.25) is 0 Å². The smallest absolute Gasteiger partial charge is 0.164 e. The van der Waals surface area contributed by atoms with Crippen molar-refractivity contribution >= 4 is 0 Å². The van der Waals surface area contributed by atoms with Crippen molar-refractivity contribution in [1.29, 1.82) is 5.26 Å². The summed E-state index contributed by atoms with van der Waals surface area (Å²) >= 11 is 0. The van der Waals surface area contributed by atoms with Gasteiger partial charge in [-0.05, 0) is 128 Å². The van der Waals surface area contributed by atoms with Crippen molar-refractivity contribution < 1.29 is 0 Å². The second-order valence-electron chi connectivity index (χ2n) is 16.8. The molecule has 0 spiro atoms. The Labute approximate surface area is 377 Å². The molecule has 10 aromatic rings. The number of hydrogen-bond donors (Lipinski definition) is 0. The SMILES string of the molecule is CC1(C)c2cc(C#N)ccc2-c2ccc(-c3cc(-c4cc(-c5cccnc5)nc(-c5cccnc5)c4)cc(-c4nc(-c5ccccc5)nc(-c5ccc(-c6ccccc6)cc5)n4)c3)cc21. The van der Waals surface area contributed by atoms with E-state index in [1.165, 1.54) is 11.1 Å². The lowest BCUT2D eigenvalue weighted by atomic mass is 9.81. The van der Waals surface area contributed by atoms with Crippen LogP contribution in [-0.2, 0) is 5.41 Å². The van der Waals surface area contributed by atoms with Gasteiger partial charge in [-0.25, -0.2) is 19.9 Å². The van der Waals surface area contributed by atoms with Gasteiger partial charge in [-0.3, -0.25) is 9.97 Å². The van der Waals surface area contributed by atoms with E-state index in [0.717, 1.165) is 83.7 Å². The van der Waals surface area contributed by atoms with Crippen molar-refractivity contribution in [2.24, 2.45) is 0 Å². The number of nitriles is 1. The van der Waals surface area contributed by atoms with Crippen molar-refractivity contribution in [1.82, 2.24) is 29.9 Å². The van der Waals surface area contributed by atoms with Gasteiger partial charge in [0, 0.05) is 58.0 Å². The van der Waals surface area contributed by atoms with E-state index in [-0.39, 0.29) is 5.41 Å². The summed E-state index contributed by atoms with van der Waals surface area (Å²) < 4.78 is 0. The van der Waals surface area contributed by atoms with E-state index in [2.05, 4.69) is 133 Å². The molecule has 1 aliphatic carbocycles. The molecule has 0 aliphatic heterocycles. The minimum Gasteiger partial charge on any atom is -0.264 e. The van der Waals surface area contributed by atoms with E-state index in [0.29, 0.717) is 23.0 Å². The van der Waals surface area contributed by atoms with Gasteiger partial charge < -0.3 is 0 Å². The highest BCUT2D eigenvalue weighted by Crippen LogP contribution is 2.50. The van der Waals surface area contributed by atoms with Crippen molar-refractivity contribution in [3.8, 4) is 107 Å². The Kier molecular flexibility index (Phi) is 9.75. The second-order valence-corrected chi connectivity index (χ2v) is 16.8. The highest BCUT2D eigenvalue weighted by atomic mass is 15.0. The number of benzene rings is 6. The third-order valence-electron chi connectivity index (χ3n) is 12.3. The Morgan fingerprint density at radius 2 is 0.815 bits per heavy atom. The summed E-state index contributed by atoms with van der Waals surface area (Å²) in [5.41, 5.74) is 17.3. The average molecular weight is 834 g/mol. The van der Waals surface area contributed by atoms with Gasteiger partial charge in [-0.15, -0.1) is 0 Å². The molecular weight excluding hydrogens is 795 g/mol. The number of fused-ring (bicyclic) bond motifs is 3. The van der Waals surface area contributed by atoms with Crippen LogP contribution in [0.25, 0.3) is 101 Å². The zero-order valence-electron chi connectivity index (χ0n) is 35.7. The molecule has 0 saturated carbocycles. The molecule has 4 heterocycles. The van der Waals surface area contributed by atoms with Crippen LogP contribution in [0.3, 0.4) is 0 Å². The number of aromatic nitrogens is 6. The van der Waals surface area contributed by atoms with Crippen LogP contribution >= 0.6 is 0 Å². The highest BCUT2D eigenvalue weighted by molar-refractivity contribution is 5.87. The first-order valence-electron chi connectivity index (χ1n) is 21.5. The number of hydrogen-bond acceptors (Lipinski definition) is 7. The lowest BCUT2D eigenvalue weighted by Crippen LogP contribution is -2.15. The average Bonchev–Trinajstić information content (AvgIpc) is 3.61. The quantitative estimate of drug-likeness (QED) is 0.150. The first kappa shape index (κ1) is 39.1. The van der Waals surface area contributed by atoms with E-state index in [1.54, 1.807) is 12.4 Å². The molecule has 0 atom stereocenters. The fourth-order valence-corrected chi connectivity index (χ4v) is 8.89. The summed E-state index contributed by atoms with van der Waals surface area (Å²) in [6.07, 6.45) is 7.23. The summed E-state index contributed by atoms with van der Waals surface area (Å²) in [6, 6.07) is 62.7. The van der Waals surface area contributed by atoms with Gasteiger partial charge in [-0.1, -0.05) is 117 Å². The molecule has 4 aromatic heterocycles. The van der Waals surface area contributed by atoms with Crippen LogP contribution < -0.4 is 0 Å². The zero-order chi connectivity index (χ0) is 43.9. The Hall–Kier alpha value is -8.73. The van der Waals surface area contributed by atoms with E-state index in [4.69, 9.17) is 19.9 Å². The summed E-state index contributed by atoms with van der Waals surface area (Å²) in [4.78, 5) is 29.5. The van der Waals surface area contributed by atoms with Crippen molar-refractivity contribution in [3.05, 3.63) is 217 Å². The first-order chi connectivity index (χ1) is 31.9. The first-order valence-corrected chi connectivity index (χ1v) is 21.5. The molecule has 11 rings (SSSR count). The van der Waals surface area contributed by atoms with Crippen molar-refractivity contribution in [2.75, 3.05) is 0 Å². The molecule has 0 saturated heterocycles. The lowest BCUT2D eigenvalue weighted by molar-refractivity contribution is 0.660. The highest BCUT2D eigenvalue weighted by Gasteiger charge is 2.36. The topological polar surface area (TPSA) is 101 Å². The normalized spacial score (nSPS) is 12.3. The standard InChI is InChI=1S/C58H39N7/c1-58(2)51-27-37(34-59)17-23-49(51)50-24-22-42(31-52(50)58)45-28-46(47-32-53(43-15-9-25-60-35-43)62-54(33-47)44-16-10-26-61-36-44)30-48(29-45)57-64-55(40-13-7-4-8-14-40)63-56(65-57)41-20-18-39(19-21-41)38-11-5-3-6-12-38/h3-33,35-36H,1-2H3. The van der Waals surface area contributed by atoms with E-state index in [9.17, 15) is 5.26 Å². The Balaban J connectivity index is 1.12. The second kappa shape index (κ2) is 16.2.